The highest BCUT2D eigenvalue weighted by molar-refractivity contribution is 5.76. The number of hydrogen-bond acceptors (Lipinski definition) is 3. The van der Waals surface area contributed by atoms with E-state index >= 15 is 0 Å². The molecule has 0 aromatic heterocycles. The lowest BCUT2D eigenvalue weighted by Gasteiger charge is -2.29. The van der Waals surface area contributed by atoms with E-state index in [2.05, 4.69) is 24.1 Å². The predicted molar refractivity (Wildman–Crippen MR) is 80.0 cm³/mol. The van der Waals surface area contributed by atoms with Crippen molar-refractivity contribution in [3.05, 3.63) is 0 Å². The fourth-order valence-corrected chi connectivity index (χ4v) is 2.87. The van der Waals surface area contributed by atoms with E-state index in [0.717, 1.165) is 32.0 Å². The van der Waals surface area contributed by atoms with E-state index in [1.54, 1.807) is 0 Å². The second-order valence-electron chi connectivity index (χ2n) is 5.68. The highest BCUT2D eigenvalue weighted by atomic mass is 16.1. The van der Waals surface area contributed by atoms with Gasteiger partial charge in [0.15, 0.2) is 0 Å². The van der Waals surface area contributed by atoms with Crippen LogP contribution in [-0.2, 0) is 4.79 Å². The van der Waals surface area contributed by atoms with Crippen LogP contribution < -0.4 is 11.1 Å². The SMILES string of the molecule is CCCNC(=O)CC(CN)N1CCCC(CC)CC1. The van der Waals surface area contributed by atoms with E-state index in [1.807, 2.05) is 0 Å². The summed E-state index contributed by atoms with van der Waals surface area (Å²) in [6.45, 7) is 7.89. The summed E-state index contributed by atoms with van der Waals surface area (Å²) < 4.78 is 0. The summed E-state index contributed by atoms with van der Waals surface area (Å²) in [5, 5.41) is 2.95. The maximum Gasteiger partial charge on any atom is 0.221 e. The molecule has 4 nitrogen and oxygen atoms in total. The van der Waals surface area contributed by atoms with Gasteiger partial charge in [0.1, 0.15) is 0 Å². The molecule has 1 heterocycles. The van der Waals surface area contributed by atoms with Gasteiger partial charge in [-0.2, -0.15) is 0 Å². The molecule has 0 aromatic rings. The molecule has 1 aliphatic rings. The Labute approximate surface area is 118 Å². The zero-order valence-corrected chi connectivity index (χ0v) is 12.7. The van der Waals surface area contributed by atoms with E-state index in [-0.39, 0.29) is 11.9 Å². The van der Waals surface area contributed by atoms with Crippen molar-refractivity contribution in [1.29, 1.82) is 0 Å². The lowest BCUT2D eigenvalue weighted by atomic mass is 9.98. The minimum absolute atomic E-state index is 0.147. The largest absolute Gasteiger partial charge is 0.356 e. The zero-order chi connectivity index (χ0) is 14.1. The summed E-state index contributed by atoms with van der Waals surface area (Å²) in [5.74, 6) is 1.01. The lowest BCUT2D eigenvalue weighted by Crippen LogP contribution is -2.44. The van der Waals surface area contributed by atoms with Gasteiger partial charge in [-0.15, -0.1) is 0 Å². The lowest BCUT2D eigenvalue weighted by molar-refractivity contribution is -0.122. The van der Waals surface area contributed by atoms with Crippen molar-refractivity contribution in [2.45, 2.75) is 58.4 Å². The van der Waals surface area contributed by atoms with Crippen LogP contribution in [0.3, 0.4) is 0 Å². The summed E-state index contributed by atoms with van der Waals surface area (Å²) in [7, 11) is 0. The van der Waals surface area contributed by atoms with Crippen LogP contribution in [0, 0.1) is 5.92 Å². The number of carbonyl (C=O) groups is 1. The second kappa shape index (κ2) is 9.32. The average Bonchev–Trinajstić information content (AvgIpc) is 2.67. The molecule has 19 heavy (non-hydrogen) atoms. The number of amides is 1. The Morgan fingerprint density at radius 3 is 2.79 bits per heavy atom. The smallest absolute Gasteiger partial charge is 0.221 e. The van der Waals surface area contributed by atoms with E-state index in [1.165, 1.54) is 25.7 Å². The Morgan fingerprint density at radius 2 is 2.16 bits per heavy atom. The van der Waals surface area contributed by atoms with Gasteiger partial charge in [-0.3, -0.25) is 9.69 Å². The van der Waals surface area contributed by atoms with Crippen LogP contribution in [0.15, 0.2) is 0 Å². The van der Waals surface area contributed by atoms with Crippen LogP contribution in [0.5, 0.6) is 0 Å². The molecule has 2 unspecified atom stereocenters. The second-order valence-corrected chi connectivity index (χ2v) is 5.68. The summed E-state index contributed by atoms with van der Waals surface area (Å²) in [4.78, 5) is 14.3. The van der Waals surface area contributed by atoms with Gasteiger partial charge in [0.05, 0.1) is 0 Å². The molecule has 1 amide bonds. The summed E-state index contributed by atoms with van der Waals surface area (Å²) >= 11 is 0. The van der Waals surface area contributed by atoms with Crippen molar-refractivity contribution in [1.82, 2.24) is 10.2 Å². The van der Waals surface area contributed by atoms with Crippen molar-refractivity contribution in [2.75, 3.05) is 26.2 Å². The Morgan fingerprint density at radius 1 is 1.37 bits per heavy atom. The Balaban J connectivity index is 2.42. The van der Waals surface area contributed by atoms with Gasteiger partial charge >= 0.3 is 0 Å². The number of nitrogens with two attached hydrogens (primary N) is 1. The van der Waals surface area contributed by atoms with E-state index in [9.17, 15) is 4.79 Å². The highest BCUT2D eigenvalue weighted by Gasteiger charge is 2.23. The third kappa shape index (κ3) is 5.91. The van der Waals surface area contributed by atoms with Crippen LogP contribution in [0.4, 0.5) is 0 Å². The minimum Gasteiger partial charge on any atom is -0.356 e. The molecule has 1 aliphatic heterocycles. The van der Waals surface area contributed by atoms with E-state index < -0.39 is 0 Å². The van der Waals surface area contributed by atoms with Crippen molar-refractivity contribution in [3.63, 3.8) is 0 Å². The molecule has 0 saturated carbocycles. The average molecular weight is 269 g/mol. The van der Waals surface area contributed by atoms with Crippen LogP contribution >= 0.6 is 0 Å². The molecule has 4 heteroatoms. The number of likely N-dealkylation sites (tertiary alicyclic amines) is 1. The molecule has 1 saturated heterocycles. The van der Waals surface area contributed by atoms with Crippen LogP contribution in [-0.4, -0.2) is 43.0 Å². The van der Waals surface area contributed by atoms with Crippen LogP contribution in [0.2, 0.25) is 0 Å². The first-order valence-corrected chi connectivity index (χ1v) is 7.92. The fraction of sp³-hybridized carbons (Fsp3) is 0.933. The fourth-order valence-electron chi connectivity index (χ4n) is 2.87. The summed E-state index contributed by atoms with van der Waals surface area (Å²) in [5.41, 5.74) is 5.88. The highest BCUT2D eigenvalue weighted by Crippen LogP contribution is 2.21. The number of nitrogens with one attached hydrogen (secondary N) is 1. The predicted octanol–water partition coefficient (Wildman–Crippen LogP) is 1.74. The monoisotopic (exact) mass is 269 g/mol. The Hall–Kier alpha value is -0.610. The maximum absolute atomic E-state index is 11.8. The van der Waals surface area contributed by atoms with Crippen molar-refractivity contribution < 1.29 is 4.79 Å². The number of hydrogen-bond donors (Lipinski definition) is 2. The molecule has 112 valence electrons. The van der Waals surface area contributed by atoms with Crippen molar-refractivity contribution >= 4 is 5.91 Å². The molecule has 2 atom stereocenters. The molecule has 1 fully saturated rings. The first-order chi connectivity index (χ1) is 9.21. The van der Waals surface area contributed by atoms with Gasteiger partial charge in [0.25, 0.3) is 0 Å². The van der Waals surface area contributed by atoms with Gasteiger partial charge in [-0.25, -0.2) is 0 Å². The van der Waals surface area contributed by atoms with Gasteiger partial charge in [0.2, 0.25) is 5.91 Å². The third-order valence-electron chi connectivity index (χ3n) is 4.24. The Kier molecular flexibility index (Phi) is 8.07. The maximum atomic E-state index is 11.8. The molecule has 1 rings (SSSR count). The quantitative estimate of drug-likeness (QED) is 0.740. The van der Waals surface area contributed by atoms with E-state index in [4.69, 9.17) is 5.73 Å². The third-order valence-corrected chi connectivity index (χ3v) is 4.24. The number of rotatable bonds is 7. The topological polar surface area (TPSA) is 58.4 Å². The number of nitrogens with zero attached hydrogens (tertiary/aromatic N) is 1. The van der Waals surface area contributed by atoms with Crippen molar-refractivity contribution in [2.24, 2.45) is 11.7 Å². The normalized spacial score (nSPS) is 22.8. The van der Waals surface area contributed by atoms with Gasteiger partial charge < -0.3 is 11.1 Å². The van der Waals surface area contributed by atoms with Gasteiger partial charge in [-0.05, 0) is 44.7 Å². The minimum atomic E-state index is 0.147. The van der Waals surface area contributed by atoms with Gasteiger partial charge in [0, 0.05) is 25.6 Å². The van der Waals surface area contributed by atoms with Crippen LogP contribution in [0.25, 0.3) is 0 Å². The zero-order valence-electron chi connectivity index (χ0n) is 12.7. The molecule has 0 aliphatic carbocycles. The summed E-state index contributed by atoms with van der Waals surface area (Å²) in [6.07, 6.45) is 6.63. The molecular formula is C15H31N3O. The first kappa shape index (κ1) is 16.4. The van der Waals surface area contributed by atoms with Crippen LogP contribution in [0.1, 0.15) is 52.4 Å². The molecule has 3 N–H and O–H groups in total. The molecule has 0 spiro atoms. The molecule has 0 aromatic carbocycles. The standard InChI is InChI=1S/C15H31N3O/c1-3-8-17-15(19)11-14(12-16)18-9-5-6-13(4-2)7-10-18/h13-14H,3-12,16H2,1-2H3,(H,17,19). The molecular weight excluding hydrogens is 238 g/mol. The number of carbonyl (C=O) groups excluding carboxylic acids is 1. The Bertz CT molecular complexity index is 258. The van der Waals surface area contributed by atoms with E-state index in [0.29, 0.717) is 13.0 Å². The first-order valence-electron chi connectivity index (χ1n) is 7.92. The van der Waals surface area contributed by atoms with Gasteiger partial charge in [-0.1, -0.05) is 20.3 Å². The molecule has 0 radical (unpaired) electrons. The summed E-state index contributed by atoms with van der Waals surface area (Å²) in [6, 6.07) is 0.215. The van der Waals surface area contributed by atoms with Crippen molar-refractivity contribution in [3.8, 4) is 0 Å². The molecule has 0 bridgehead atoms.